The van der Waals surface area contributed by atoms with Gasteiger partial charge >= 0.3 is 17.9 Å². The summed E-state index contributed by atoms with van der Waals surface area (Å²) in [7, 11) is 0. The molecule has 0 aliphatic rings. The van der Waals surface area contributed by atoms with E-state index in [1.54, 1.807) is 20.8 Å². The van der Waals surface area contributed by atoms with E-state index in [0.29, 0.717) is 5.69 Å². The van der Waals surface area contributed by atoms with Crippen LogP contribution in [0.5, 0.6) is 0 Å². The normalized spacial score (nSPS) is 11.6. The first-order valence-corrected chi connectivity index (χ1v) is 10.1. The second-order valence-electron chi connectivity index (χ2n) is 8.27. The van der Waals surface area contributed by atoms with Crippen LogP contribution < -0.4 is 5.56 Å². The molecule has 11 nitrogen and oxygen atoms in total. The van der Waals surface area contributed by atoms with Crippen molar-refractivity contribution in [2.24, 2.45) is 10.2 Å². The average molecular weight is 487 g/mol. The van der Waals surface area contributed by atoms with Gasteiger partial charge in [0.1, 0.15) is 0 Å². The SMILES string of the molecule is CC(C)(C)c1[nH]n(-c2cc(C(=O)O)cc(C(=O)O)c2)c(=O)c1N=Nc1ccc(Cl)c(C(=O)O)c1. The van der Waals surface area contributed by atoms with Crippen molar-refractivity contribution in [1.82, 2.24) is 9.78 Å². The van der Waals surface area contributed by atoms with Gasteiger partial charge in [-0.2, -0.15) is 5.11 Å². The van der Waals surface area contributed by atoms with E-state index in [2.05, 4.69) is 15.3 Å². The molecule has 0 fully saturated rings. The van der Waals surface area contributed by atoms with Gasteiger partial charge < -0.3 is 15.3 Å². The quantitative estimate of drug-likeness (QED) is 0.367. The Bertz CT molecular complexity index is 1380. The number of aromatic amines is 1. The maximum absolute atomic E-state index is 13.2. The van der Waals surface area contributed by atoms with Crippen LogP contribution in [0, 0.1) is 0 Å². The summed E-state index contributed by atoms with van der Waals surface area (Å²) in [6.45, 7) is 5.38. The Hall–Kier alpha value is -4.25. The zero-order chi connectivity index (χ0) is 25.4. The summed E-state index contributed by atoms with van der Waals surface area (Å²) in [5.74, 6) is -3.98. The van der Waals surface area contributed by atoms with Crippen molar-refractivity contribution < 1.29 is 29.7 Å². The zero-order valence-electron chi connectivity index (χ0n) is 18.2. The van der Waals surface area contributed by atoms with Gasteiger partial charge in [0.25, 0.3) is 5.56 Å². The third-order valence-corrected chi connectivity index (χ3v) is 5.06. The molecule has 0 bridgehead atoms. The van der Waals surface area contributed by atoms with Crippen LogP contribution >= 0.6 is 11.6 Å². The van der Waals surface area contributed by atoms with Crippen LogP contribution in [0.2, 0.25) is 5.02 Å². The van der Waals surface area contributed by atoms with Crippen molar-refractivity contribution in [2.45, 2.75) is 26.2 Å². The van der Waals surface area contributed by atoms with E-state index >= 15 is 0 Å². The topological polar surface area (TPSA) is 174 Å². The highest BCUT2D eigenvalue weighted by Gasteiger charge is 2.26. The first-order chi connectivity index (χ1) is 15.8. The first kappa shape index (κ1) is 24.4. The molecule has 0 unspecified atom stereocenters. The number of aromatic nitrogens is 2. The van der Waals surface area contributed by atoms with Crippen molar-refractivity contribution in [3.8, 4) is 5.69 Å². The molecule has 1 heterocycles. The van der Waals surface area contributed by atoms with Gasteiger partial charge in [-0.1, -0.05) is 32.4 Å². The van der Waals surface area contributed by atoms with Gasteiger partial charge in [-0.25, -0.2) is 19.1 Å². The van der Waals surface area contributed by atoms with Crippen LogP contribution in [0.1, 0.15) is 57.5 Å². The summed E-state index contributed by atoms with van der Waals surface area (Å²) >= 11 is 5.86. The molecule has 12 heteroatoms. The molecule has 0 spiro atoms. The molecule has 0 radical (unpaired) electrons. The molecule has 0 amide bonds. The van der Waals surface area contributed by atoms with Crippen LogP contribution in [0.3, 0.4) is 0 Å². The number of hydrogen-bond donors (Lipinski definition) is 4. The van der Waals surface area contributed by atoms with E-state index in [1.807, 2.05) is 0 Å². The average Bonchev–Trinajstić information content (AvgIpc) is 3.09. The smallest absolute Gasteiger partial charge is 0.337 e. The fourth-order valence-corrected chi connectivity index (χ4v) is 3.26. The van der Waals surface area contributed by atoms with E-state index in [-0.39, 0.29) is 38.8 Å². The number of halogens is 1. The Labute approximate surface area is 196 Å². The highest BCUT2D eigenvalue weighted by Crippen LogP contribution is 2.30. The molecule has 2 aromatic carbocycles. The Morgan fingerprint density at radius 3 is 2.00 bits per heavy atom. The molecule has 34 heavy (non-hydrogen) atoms. The molecule has 0 aliphatic carbocycles. The summed E-state index contributed by atoms with van der Waals surface area (Å²) < 4.78 is 0.984. The van der Waals surface area contributed by atoms with E-state index in [0.717, 1.165) is 22.9 Å². The lowest BCUT2D eigenvalue weighted by molar-refractivity contribution is 0.0682. The van der Waals surface area contributed by atoms with Crippen LogP contribution in [-0.4, -0.2) is 43.0 Å². The van der Waals surface area contributed by atoms with E-state index in [1.165, 1.54) is 18.2 Å². The lowest BCUT2D eigenvalue weighted by Crippen LogP contribution is -2.16. The predicted octanol–water partition coefficient (Wildman–Crippen LogP) is 4.63. The number of rotatable bonds is 6. The minimum absolute atomic E-state index is 0.0124. The largest absolute Gasteiger partial charge is 0.478 e. The van der Waals surface area contributed by atoms with Gasteiger partial charge in [0.2, 0.25) is 0 Å². The number of carboxylic acids is 3. The monoisotopic (exact) mass is 486 g/mol. The molecule has 3 rings (SSSR count). The van der Waals surface area contributed by atoms with Crippen molar-refractivity contribution in [1.29, 1.82) is 0 Å². The fraction of sp³-hybridized carbons (Fsp3) is 0.182. The number of azo groups is 1. The Morgan fingerprint density at radius 1 is 0.912 bits per heavy atom. The van der Waals surface area contributed by atoms with Gasteiger partial charge in [0, 0.05) is 5.41 Å². The summed E-state index contributed by atoms with van der Waals surface area (Å²) in [4.78, 5) is 47.4. The van der Waals surface area contributed by atoms with Crippen LogP contribution in [0.15, 0.2) is 51.4 Å². The summed E-state index contributed by atoms with van der Waals surface area (Å²) in [5.41, 5.74) is -1.84. The third-order valence-electron chi connectivity index (χ3n) is 4.73. The lowest BCUT2D eigenvalue weighted by atomic mass is 9.91. The number of aromatic carboxylic acids is 3. The number of H-pyrrole nitrogens is 1. The lowest BCUT2D eigenvalue weighted by Gasteiger charge is -2.16. The van der Waals surface area contributed by atoms with Gasteiger partial charge in [-0.3, -0.25) is 9.89 Å². The standard InChI is InChI=1S/C22H19ClN4O7/c1-22(2,3)17-16(25-24-12-4-5-15(23)14(9-12)21(33)34)18(28)27(26-17)13-7-10(19(29)30)6-11(8-13)20(31)32/h4-9,26H,1-3H3,(H,29,30)(H,31,32)(H,33,34). The van der Waals surface area contributed by atoms with Gasteiger partial charge in [0.15, 0.2) is 5.69 Å². The number of nitrogens with one attached hydrogen (secondary N) is 1. The van der Waals surface area contributed by atoms with Gasteiger partial charge in [-0.15, -0.1) is 5.11 Å². The molecule has 3 aromatic rings. The molecule has 0 saturated heterocycles. The third kappa shape index (κ3) is 4.89. The van der Waals surface area contributed by atoms with Gasteiger partial charge in [-0.05, 0) is 36.4 Å². The minimum atomic E-state index is -1.36. The minimum Gasteiger partial charge on any atom is -0.478 e. The molecular weight excluding hydrogens is 468 g/mol. The molecule has 176 valence electrons. The molecule has 1 aromatic heterocycles. The zero-order valence-corrected chi connectivity index (χ0v) is 18.9. The number of carboxylic acid groups (broad SMARTS) is 3. The summed E-state index contributed by atoms with van der Waals surface area (Å²) in [5, 5.41) is 38.8. The number of benzene rings is 2. The molecule has 4 N–H and O–H groups in total. The Balaban J connectivity index is 2.20. The van der Waals surface area contributed by atoms with Crippen molar-refractivity contribution in [3.05, 3.63) is 74.2 Å². The maximum Gasteiger partial charge on any atom is 0.337 e. The molecular formula is C22H19ClN4O7. The number of nitrogens with zero attached hydrogens (tertiary/aromatic N) is 3. The predicted molar refractivity (Wildman–Crippen MR) is 122 cm³/mol. The van der Waals surface area contributed by atoms with E-state index < -0.39 is 28.9 Å². The van der Waals surface area contributed by atoms with Crippen molar-refractivity contribution in [2.75, 3.05) is 0 Å². The fourth-order valence-electron chi connectivity index (χ4n) is 3.06. The van der Waals surface area contributed by atoms with E-state index in [4.69, 9.17) is 11.6 Å². The van der Waals surface area contributed by atoms with Crippen molar-refractivity contribution in [3.63, 3.8) is 0 Å². The van der Waals surface area contributed by atoms with Gasteiger partial charge in [0.05, 0.1) is 38.8 Å². The highest BCUT2D eigenvalue weighted by molar-refractivity contribution is 6.33. The summed E-state index contributed by atoms with van der Waals surface area (Å²) in [6, 6.07) is 7.25. The maximum atomic E-state index is 13.2. The second kappa shape index (κ2) is 8.94. The summed E-state index contributed by atoms with van der Waals surface area (Å²) in [6.07, 6.45) is 0. The molecule has 0 saturated carbocycles. The van der Waals surface area contributed by atoms with Crippen LogP contribution in [0.4, 0.5) is 11.4 Å². The first-order valence-electron chi connectivity index (χ1n) is 9.71. The van der Waals surface area contributed by atoms with Crippen LogP contribution in [-0.2, 0) is 5.41 Å². The highest BCUT2D eigenvalue weighted by atomic mass is 35.5. The van der Waals surface area contributed by atoms with E-state index in [9.17, 15) is 34.5 Å². The van der Waals surface area contributed by atoms with Crippen LogP contribution in [0.25, 0.3) is 5.69 Å². The number of hydrogen-bond acceptors (Lipinski definition) is 6. The molecule has 0 atom stereocenters. The Kier molecular flexibility index (Phi) is 6.42. The second-order valence-corrected chi connectivity index (χ2v) is 8.68. The Morgan fingerprint density at radius 2 is 1.50 bits per heavy atom. The van der Waals surface area contributed by atoms with Crippen molar-refractivity contribution >= 4 is 40.9 Å². The number of carbonyl (C=O) groups is 3. The molecule has 0 aliphatic heterocycles.